The monoisotopic (exact) mass is 534 g/mol. The van der Waals surface area contributed by atoms with Gasteiger partial charge in [0.1, 0.15) is 5.82 Å². The average molecular weight is 534 g/mol. The average Bonchev–Trinajstić information content (AvgIpc) is 2.72. The molecule has 0 aliphatic carbocycles. The lowest BCUT2D eigenvalue weighted by Crippen LogP contribution is -2.38. The van der Waals surface area contributed by atoms with E-state index in [1.54, 1.807) is 30.3 Å². The zero-order chi connectivity index (χ0) is 21.7. The number of ketones is 1. The number of nitrogens with zero attached hydrogens (tertiary/aromatic N) is 1. The van der Waals surface area contributed by atoms with Crippen LogP contribution in [0, 0.1) is 10.5 Å². The molecule has 0 aliphatic rings. The fraction of sp³-hybridized carbons (Fsp3) is 0.136. The van der Waals surface area contributed by atoms with Crippen LogP contribution in [-0.4, -0.2) is 25.2 Å². The SMILES string of the molecule is [CH2][C@H](NS(=O)(=O)c1ccc(I)cc1)C(=O)c1ccc(CCc2cccc(N)n2)cc1. The Bertz CT molecular complexity index is 1130. The molecule has 0 fully saturated rings. The van der Waals surface area contributed by atoms with Crippen LogP contribution in [0.15, 0.2) is 71.6 Å². The molecular formula is C22H21IN3O3S. The van der Waals surface area contributed by atoms with E-state index in [0.29, 0.717) is 11.4 Å². The van der Waals surface area contributed by atoms with Gasteiger partial charge >= 0.3 is 0 Å². The van der Waals surface area contributed by atoms with Crippen molar-refractivity contribution in [3.05, 3.63) is 94.0 Å². The fourth-order valence-corrected chi connectivity index (χ4v) is 4.34. The highest BCUT2D eigenvalue weighted by Crippen LogP contribution is 2.14. The molecule has 30 heavy (non-hydrogen) atoms. The Morgan fingerprint density at radius 3 is 2.33 bits per heavy atom. The molecule has 0 unspecified atom stereocenters. The number of carbonyl (C=O) groups excluding carboxylic acids is 1. The molecule has 1 radical (unpaired) electrons. The minimum atomic E-state index is -3.83. The predicted octanol–water partition coefficient (Wildman–Crippen LogP) is 3.42. The van der Waals surface area contributed by atoms with Crippen LogP contribution in [0.5, 0.6) is 0 Å². The number of benzene rings is 2. The summed E-state index contributed by atoms with van der Waals surface area (Å²) in [4.78, 5) is 17.0. The second-order valence-corrected chi connectivity index (χ2v) is 9.70. The van der Waals surface area contributed by atoms with Crippen molar-refractivity contribution in [3.63, 3.8) is 0 Å². The van der Waals surface area contributed by atoms with E-state index in [0.717, 1.165) is 27.7 Å². The number of hydrogen-bond acceptors (Lipinski definition) is 5. The molecule has 0 saturated heterocycles. The number of nitrogens with two attached hydrogens (primary N) is 1. The first kappa shape index (κ1) is 22.4. The topological polar surface area (TPSA) is 102 Å². The molecule has 0 bridgehead atoms. The molecular weight excluding hydrogens is 513 g/mol. The molecule has 1 atom stereocenters. The van der Waals surface area contributed by atoms with Gasteiger partial charge in [-0.25, -0.2) is 18.1 Å². The van der Waals surface area contributed by atoms with Gasteiger partial charge in [0, 0.05) is 14.8 Å². The Kier molecular flexibility index (Phi) is 7.22. The second kappa shape index (κ2) is 9.67. The van der Waals surface area contributed by atoms with Gasteiger partial charge < -0.3 is 5.73 Å². The van der Waals surface area contributed by atoms with Crippen LogP contribution >= 0.6 is 22.6 Å². The number of halogens is 1. The Hall–Kier alpha value is -2.30. The summed E-state index contributed by atoms with van der Waals surface area (Å²) in [5.74, 6) is 0.0933. The van der Waals surface area contributed by atoms with Crippen LogP contribution < -0.4 is 10.5 Å². The smallest absolute Gasteiger partial charge is 0.241 e. The Labute approximate surface area is 190 Å². The van der Waals surface area contributed by atoms with E-state index in [-0.39, 0.29) is 4.90 Å². The van der Waals surface area contributed by atoms with Gasteiger partial charge in [-0.3, -0.25) is 4.79 Å². The van der Waals surface area contributed by atoms with E-state index in [2.05, 4.69) is 39.2 Å². The Balaban J connectivity index is 1.62. The van der Waals surface area contributed by atoms with Crippen molar-refractivity contribution in [3.8, 4) is 0 Å². The number of Topliss-reactive ketones (excluding diaryl/α,β-unsaturated/α-hetero) is 1. The van der Waals surface area contributed by atoms with Crippen LogP contribution in [-0.2, 0) is 22.9 Å². The summed E-state index contributed by atoms with van der Waals surface area (Å²) in [5.41, 5.74) is 8.03. The van der Waals surface area contributed by atoms with E-state index >= 15 is 0 Å². The third-order valence-electron chi connectivity index (χ3n) is 4.47. The van der Waals surface area contributed by atoms with Crippen LogP contribution in [0.3, 0.4) is 0 Å². The maximum atomic E-state index is 12.6. The zero-order valence-electron chi connectivity index (χ0n) is 16.1. The predicted molar refractivity (Wildman–Crippen MR) is 125 cm³/mol. The molecule has 0 amide bonds. The van der Waals surface area contributed by atoms with Crippen LogP contribution in [0.4, 0.5) is 5.82 Å². The van der Waals surface area contributed by atoms with E-state index < -0.39 is 21.8 Å². The number of aryl methyl sites for hydroxylation is 2. The Morgan fingerprint density at radius 1 is 1.03 bits per heavy atom. The summed E-state index contributed by atoms with van der Waals surface area (Å²) in [5, 5.41) is 0. The van der Waals surface area contributed by atoms with Gasteiger partial charge in [0.05, 0.1) is 10.9 Å². The normalized spacial score (nSPS) is 12.5. The molecule has 1 aromatic heterocycles. The molecule has 0 aliphatic heterocycles. The first-order chi connectivity index (χ1) is 14.2. The second-order valence-electron chi connectivity index (χ2n) is 6.74. The molecule has 6 nitrogen and oxygen atoms in total. The third-order valence-corrected chi connectivity index (χ3v) is 6.68. The molecule has 0 spiro atoms. The van der Waals surface area contributed by atoms with Gasteiger partial charge in [-0.15, -0.1) is 0 Å². The molecule has 2 aromatic carbocycles. The number of carbonyl (C=O) groups is 1. The molecule has 8 heteroatoms. The molecule has 3 N–H and O–H groups in total. The highest BCUT2D eigenvalue weighted by molar-refractivity contribution is 14.1. The van der Waals surface area contributed by atoms with Crippen molar-refractivity contribution in [2.24, 2.45) is 0 Å². The first-order valence-corrected chi connectivity index (χ1v) is 11.8. The van der Waals surface area contributed by atoms with E-state index in [1.807, 2.05) is 24.3 Å². The number of nitrogens with one attached hydrogen (secondary N) is 1. The highest BCUT2D eigenvalue weighted by Gasteiger charge is 2.23. The van der Waals surface area contributed by atoms with E-state index in [1.165, 1.54) is 12.1 Å². The van der Waals surface area contributed by atoms with Crippen LogP contribution in [0.1, 0.15) is 21.6 Å². The molecule has 155 valence electrons. The summed E-state index contributed by atoms with van der Waals surface area (Å²) in [6.07, 6.45) is 1.48. The van der Waals surface area contributed by atoms with Crippen molar-refractivity contribution in [2.75, 3.05) is 5.73 Å². The number of rotatable bonds is 8. The van der Waals surface area contributed by atoms with Crippen molar-refractivity contribution < 1.29 is 13.2 Å². The quantitative estimate of drug-likeness (QED) is 0.341. The number of anilines is 1. The van der Waals surface area contributed by atoms with E-state index in [9.17, 15) is 13.2 Å². The lowest BCUT2D eigenvalue weighted by atomic mass is 10.0. The molecule has 3 aromatic rings. The van der Waals surface area contributed by atoms with Crippen molar-refractivity contribution in [1.29, 1.82) is 0 Å². The summed E-state index contributed by atoms with van der Waals surface area (Å²) < 4.78 is 28.2. The van der Waals surface area contributed by atoms with Crippen molar-refractivity contribution in [2.45, 2.75) is 23.8 Å². The summed E-state index contributed by atoms with van der Waals surface area (Å²) in [6.45, 7) is 3.69. The number of aromatic nitrogens is 1. The summed E-state index contributed by atoms with van der Waals surface area (Å²) >= 11 is 2.09. The van der Waals surface area contributed by atoms with Gasteiger partial charge in [-0.2, -0.15) is 0 Å². The van der Waals surface area contributed by atoms with Crippen molar-refractivity contribution >= 4 is 44.2 Å². The number of nitrogen functional groups attached to an aromatic ring is 1. The van der Waals surface area contributed by atoms with Crippen LogP contribution in [0.25, 0.3) is 0 Å². The zero-order valence-corrected chi connectivity index (χ0v) is 19.1. The third kappa shape index (κ3) is 5.87. The fourth-order valence-electron chi connectivity index (χ4n) is 2.87. The van der Waals surface area contributed by atoms with Gasteiger partial charge in [-0.1, -0.05) is 30.3 Å². The number of pyridine rings is 1. The number of hydrogen-bond donors (Lipinski definition) is 2. The minimum absolute atomic E-state index is 0.0925. The van der Waals surface area contributed by atoms with E-state index in [4.69, 9.17) is 5.73 Å². The maximum Gasteiger partial charge on any atom is 0.241 e. The van der Waals surface area contributed by atoms with Crippen molar-refractivity contribution in [1.82, 2.24) is 9.71 Å². The summed E-state index contributed by atoms with van der Waals surface area (Å²) in [7, 11) is -3.83. The van der Waals surface area contributed by atoms with Gasteiger partial charge in [0.2, 0.25) is 10.0 Å². The highest BCUT2D eigenvalue weighted by atomic mass is 127. The maximum absolute atomic E-state index is 12.6. The number of sulfonamides is 1. The largest absolute Gasteiger partial charge is 0.384 e. The summed E-state index contributed by atoms with van der Waals surface area (Å²) in [6, 6.07) is 17.8. The van der Waals surface area contributed by atoms with Crippen LogP contribution in [0.2, 0.25) is 0 Å². The van der Waals surface area contributed by atoms with Gasteiger partial charge in [0.25, 0.3) is 0 Å². The first-order valence-electron chi connectivity index (χ1n) is 9.20. The Morgan fingerprint density at radius 2 is 1.70 bits per heavy atom. The molecule has 0 saturated carbocycles. The lowest BCUT2D eigenvalue weighted by molar-refractivity contribution is 0.0970. The van der Waals surface area contributed by atoms with Gasteiger partial charge in [-0.05, 0) is 84.3 Å². The molecule has 3 rings (SSSR count). The minimum Gasteiger partial charge on any atom is -0.384 e. The molecule has 1 heterocycles. The lowest BCUT2D eigenvalue weighted by Gasteiger charge is -2.14. The van der Waals surface area contributed by atoms with Gasteiger partial charge in [0.15, 0.2) is 5.78 Å². The standard InChI is InChI=1S/C22H21IN3O3S/c1-15(26-30(28,29)20-13-10-18(23)11-14-20)22(27)17-8-5-16(6-9-17)7-12-19-3-2-4-21(24)25-19/h2-6,8-11,13-15,26H,1,7,12H2,(H2,24,25)/t15-/m0/s1.